The maximum Gasteiger partial charge on any atom is 0.174 e. The topological polar surface area (TPSA) is 54.5 Å². The normalized spacial score (nSPS) is 10.3. The summed E-state index contributed by atoms with van der Waals surface area (Å²) in [4.78, 5) is 8.27. The van der Waals surface area contributed by atoms with Gasteiger partial charge in [0.15, 0.2) is 5.82 Å². The molecule has 0 saturated heterocycles. The van der Waals surface area contributed by atoms with Crippen LogP contribution in [0.5, 0.6) is 0 Å². The lowest BCUT2D eigenvalue weighted by molar-refractivity contribution is 1.08. The highest BCUT2D eigenvalue weighted by Crippen LogP contribution is 2.19. The van der Waals surface area contributed by atoms with Crippen molar-refractivity contribution in [1.82, 2.24) is 20.2 Å². The van der Waals surface area contributed by atoms with E-state index < -0.39 is 0 Å². The number of pyridine rings is 1. The minimum atomic E-state index is 0.699. The summed E-state index contributed by atoms with van der Waals surface area (Å²) in [7, 11) is 0. The van der Waals surface area contributed by atoms with Gasteiger partial charge in [-0.3, -0.25) is 10.1 Å². The van der Waals surface area contributed by atoms with Gasteiger partial charge in [0.2, 0.25) is 0 Å². The molecule has 0 aliphatic heterocycles. The van der Waals surface area contributed by atoms with Crippen molar-refractivity contribution < 1.29 is 0 Å². The fourth-order valence-electron chi connectivity index (χ4n) is 1.11. The highest BCUT2D eigenvalue weighted by molar-refractivity contribution is 9.10. The molecule has 0 spiro atoms. The molecule has 0 amide bonds. The molecule has 0 saturated carbocycles. The van der Waals surface area contributed by atoms with Crippen LogP contribution in [-0.2, 0) is 0 Å². The number of hydrogen-bond donors (Lipinski definition) is 1. The van der Waals surface area contributed by atoms with Gasteiger partial charge in [-0.1, -0.05) is 0 Å². The summed E-state index contributed by atoms with van der Waals surface area (Å²) in [6, 6.07) is 1.99. The van der Waals surface area contributed by atoms with Gasteiger partial charge in [-0.05, 0) is 34.5 Å². The third-order valence-corrected chi connectivity index (χ3v) is 2.12. The molecule has 66 valence electrons. The highest BCUT2D eigenvalue weighted by atomic mass is 79.9. The van der Waals surface area contributed by atoms with Crippen LogP contribution in [0.4, 0.5) is 0 Å². The molecule has 1 N–H and O–H groups in total. The minimum Gasteiger partial charge on any atom is -0.258 e. The first-order chi connectivity index (χ1) is 6.27. The van der Waals surface area contributed by atoms with Crippen LogP contribution in [0.15, 0.2) is 23.1 Å². The summed E-state index contributed by atoms with van der Waals surface area (Å²) in [5.41, 5.74) is 1.90. The van der Waals surface area contributed by atoms with Crippen molar-refractivity contribution in [2.24, 2.45) is 0 Å². The van der Waals surface area contributed by atoms with Crippen LogP contribution in [-0.4, -0.2) is 20.2 Å². The van der Waals surface area contributed by atoms with Gasteiger partial charge in [-0.25, -0.2) is 4.98 Å². The van der Waals surface area contributed by atoms with Crippen LogP contribution >= 0.6 is 15.9 Å². The lowest BCUT2D eigenvalue weighted by Crippen LogP contribution is -1.89. The van der Waals surface area contributed by atoms with Crippen LogP contribution in [0.3, 0.4) is 0 Å². The van der Waals surface area contributed by atoms with Crippen molar-refractivity contribution in [2.75, 3.05) is 0 Å². The maximum absolute atomic E-state index is 4.24. The Hall–Kier alpha value is -1.23. The van der Waals surface area contributed by atoms with E-state index in [0.29, 0.717) is 5.82 Å². The summed E-state index contributed by atoms with van der Waals surface area (Å²) >= 11 is 3.35. The average Bonchev–Trinajstić information content (AvgIpc) is 2.56. The summed E-state index contributed by atoms with van der Waals surface area (Å²) in [6.45, 7) is 1.98. The zero-order valence-corrected chi connectivity index (χ0v) is 8.54. The first kappa shape index (κ1) is 8.37. The predicted octanol–water partition coefficient (Wildman–Crippen LogP) is 1.94. The third kappa shape index (κ3) is 1.60. The number of hydrogen-bond acceptors (Lipinski definition) is 3. The predicted molar refractivity (Wildman–Crippen MR) is 52.1 cm³/mol. The zero-order chi connectivity index (χ0) is 9.26. The van der Waals surface area contributed by atoms with Crippen molar-refractivity contribution in [2.45, 2.75) is 6.92 Å². The number of aryl methyl sites for hydroxylation is 1. The quantitative estimate of drug-likeness (QED) is 0.827. The molecule has 2 aromatic rings. The number of nitrogens with one attached hydrogen (secondary N) is 1. The van der Waals surface area contributed by atoms with Gasteiger partial charge in [0.1, 0.15) is 12.0 Å². The molecule has 0 aliphatic carbocycles. The molecule has 0 fully saturated rings. The summed E-state index contributed by atoms with van der Waals surface area (Å²) < 4.78 is 0.966. The number of aromatic amines is 1. The number of rotatable bonds is 1. The van der Waals surface area contributed by atoms with E-state index in [1.807, 2.05) is 13.0 Å². The number of halogens is 1. The third-order valence-electron chi connectivity index (χ3n) is 1.68. The van der Waals surface area contributed by atoms with Gasteiger partial charge < -0.3 is 0 Å². The van der Waals surface area contributed by atoms with Crippen molar-refractivity contribution in [3.05, 3.63) is 28.6 Å². The van der Waals surface area contributed by atoms with E-state index >= 15 is 0 Å². The number of nitrogens with zero attached hydrogens (tertiary/aromatic N) is 3. The molecule has 4 nitrogen and oxygen atoms in total. The highest BCUT2D eigenvalue weighted by Gasteiger charge is 2.05. The van der Waals surface area contributed by atoms with Gasteiger partial charge in [-0.15, -0.1) is 0 Å². The van der Waals surface area contributed by atoms with Crippen molar-refractivity contribution >= 4 is 15.9 Å². The summed E-state index contributed by atoms with van der Waals surface area (Å²) in [5.74, 6) is 0.699. The van der Waals surface area contributed by atoms with Crippen LogP contribution in [0, 0.1) is 6.92 Å². The van der Waals surface area contributed by atoms with Gasteiger partial charge in [0.05, 0.1) is 0 Å². The summed E-state index contributed by atoms with van der Waals surface area (Å²) in [6.07, 6.45) is 3.21. The molecule has 13 heavy (non-hydrogen) atoms. The van der Waals surface area contributed by atoms with Crippen LogP contribution in [0.1, 0.15) is 5.56 Å². The molecule has 0 aliphatic rings. The number of aromatic nitrogens is 4. The van der Waals surface area contributed by atoms with Crippen molar-refractivity contribution in [3.63, 3.8) is 0 Å². The maximum atomic E-state index is 4.24. The largest absolute Gasteiger partial charge is 0.258 e. The van der Waals surface area contributed by atoms with E-state index in [9.17, 15) is 0 Å². The first-order valence-electron chi connectivity index (χ1n) is 3.75. The van der Waals surface area contributed by atoms with Gasteiger partial charge in [0, 0.05) is 10.7 Å². The molecule has 0 atom stereocenters. The molecular formula is C8H7BrN4. The molecule has 0 radical (unpaired) electrons. The van der Waals surface area contributed by atoms with Gasteiger partial charge in [0.25, 0.3) is 0 Å². The van der Waals surface area contributed by atoms with Crippen molar-refractivity contribution in [3.8, 4) is 11.5 Å². The Morgan fingerprint density at radius 3 is 2.85 bits per heavy atom. The van der Waals surface area contributed by atoms with E-state index in [4.69, 9.17) is 0 Å². The lowest BCUT2D eigenvalue weighted by Gasteiger charge is -2.00. The van der Waals surface area contributed by atoms with E-state index in [2.05, 4.69) is 36.1 Å². The second-order valence-electron chi connectivity index (χ2n) is 2.65. The molecular weight excluding hydrogens is 232 g/mol. The fraction of sp³-hybridized carbons (Fsp3) is 0.125. The number of H-pyrrole nitrogens is 1. The molecule has 0 bridgehead atoms. The fourth-order valence-corrected chi connectivity index (χ4v) is 1.55. The Morgan fingerprint density at radius 2 is 2.23 bits per heavy atom. The molecule has 0 unspecified atom stereocenters. The Labute approximate surface area is 83.6 Å². The van der Waals surface area contributed by atoms with Gasteiger partial charge in [-0.2, -0.15) is 5.10 Å². The Morgan fingerprint density at radius 1 is 1.38 bits per heavy atom. The van der Waals surface area contributed by atoms with Crippen LogP contribution < -0.4 is 0 Å². The second-order valence-corrected chi connectivity index (χ2v) is 3.57. The zero-order valence-electron chi connectivity index (χ0n) is 6.95. The average molecular weight is 239 g/mol. The SMILES string of the molecule is Cc1cc(Br)cnc1-c1ncn[nH]1. The molecule has 0 aromatic carbocycles. The van der Waals surface area contributed by atoms with E-state index in [1.54, 1.807) is 6.20 Å². The van der Waals surface area contributed by atoms with Crippen LogP contribution in [0.2, 0.25) is 0 Å². The standard InChI is InChI=1S/C8H7BrN4/c1-5-2-6(9)3-10-7(5)8-11-4-12-13-8/h2-4H,1H3,(H,11,12,13). The van der Waals surface area contributed by atoms with E-state index in [0.717, 1.165) is 15.7 Å². The molecule has 2 aromatic heterocycles. The molecule has 2 rings (SSSR count). The Bertz CT molecular complexity index is 410. The van der Waals surface area contributed by atoms with E-state index in [-0.39, 0.29) is 0 Å². The van der Waals surface area contributed by atoms with Crippen molar-refractivity contribution in [1.29, 1.82) is 0 Å². The van der Waals surface area contributed by atoms with Crippen LogP contribution in [0.25, 0.3) is 11.5 Å². The first-order valence-corrected chi connectivity index (χ1v) is 4.54. The lowest BCUT2D eigenvalue weighted by atomic mass is 10.2. The minimum absolute atomic E-state index is 0.699. The monoisotopic (exact) mass is 238 g/mol. The Kier molecular flexibility index (Phi) is 2.10. The molecule has 2 heterocycles. The van der Waals surface area contributed by atoms with Gasteiger partial charge >= 0.3 is 0 Å². The Balaban J connectivity index is 2.53. The smallest absolute Gasteiger partial charge is 0.174 e. The second kappa shape index (κ2) is 3.26. The molecule has 5 heteroatoms. The van der Waals surface area contributed by atoms with E-state index in [1.165, 1.54) is 6.33 Å². The summed E-state index contributed by atoms with van der Waals surface area (Å²) in [5, 5.41) is 6.55.